The van der Waals surface area contributed by atoms with Crippen LogP contribution in [0.3, 0.4) is 0 Å². The van der Waals surface area contributed by atoms with Crippen LogP contribution in [0.2, 0.25) is 0 Å². The maximum atomic E-state index is 11.8. The summed E-state index contributed by atoms with van der Waals surface area (Å²) in [6.45, 7) is 7.80. The lowest BCUT2D eigenvalue weighted by molar-refractivity contribution is -0.00519. The number of piperidine rings is 1. The molecular weight excluding hydrogens is 489 g/mol. The molecule has 3 unspecified atom stereocenters. The van der Waals surface area contributed by atoms with Crippen LogP contribution in [0.1, 0.15) is 45.4 Å². The molecule has 4 aliphatic rings. The van der Waals surface area contributed by atoms with Gasteiger partial charge in [-0.2, -0.15) is 0 Å². The lowest BCUT2D eigenvalue weighted by atomic mass is 9.59. The zero-order chi connectivity index (χ0) is 18.9. The van der Waals surface area contributed by atoms with Gasteiger partial charge in [0.05, 0.1) is 18.1 Å². The van der Waals surface area contributed by atoms with Gasteiger partial charge < -0.3 is 15.0 Å². The van der Waals surface area contributed by atoms with Gasteiger partial charge in [-0.05, 0) is 49.4 Å². The highest BCUT2D eigenvalue weighted by atomic mass is 127. The number of sulfone groups is 1. The fourth-order valence-corrected chi connectivity index (χ4v) is 7.06. The number of rotatable bonds is 4. The van der Waals surface area contributed by atoms with Gasteiger partial charge in [-0.15, -0.1) is 24.0 Å². The van der Waals surface area contributed by atoms with E-state index in [1.807, 2.05) is 0 Å². The van der Waals surface area contributed by atoms with Crippen molar-refractivity contribution in [3.05, 3.63) is 0 Å². The number of hydrogen-bond acceptors (Lipinski definition) is 4. The molecule has 0 amide bonds. The Balaban J connectivity index is 0.00000225. The second kappa shape index (κ2) is 9.37. The Bertz CT molecular complexity index is 660. The molecule has 3 heterocycles. The lowest BCUT2D eigenvalue weighted by Crippen LogP contribution is -2.56. The first kappa shape index (κ1) is 22.6. The van der Waals surface area contributed by atoms with E-state index in [1.165, 1.54) is 25.7 Å². The standard InChI is InChI=1S/C20H35N3O3S.HI/c1-16-3-8-23(15-20(16)6-2-7-20)19(21-11-17-4-9-26-13-17)22-12-18-5-10-27(24,25)14-18;/h16-18H,2-15H2,1H3,(H,21,22);1H. The number of likely N-dealkylation sites (tertiary alicyclic amines) is 1. The van der Waals surface area contributed by atoms with Crippen LogP contribution in [0.5, 0.6) is 0 Å². The highest BCUT2D eigenvalue weighted by molar-refractivity contribution is 14.0. The van der Waals surface area contributed by atoms with Crippen LogP contribution < -0.4 is 5.32 Å². The minimum Gasteiger partial charge on any atom is -0.381 e. The van der Waals surface area contributed by atoms with E-state index in [-0.39, 0.29) is 29.9 Å². The van der Waals surface area contributed by atoms with Crippen molar-refractivity contribution in [3.8, 4) is 0 Å². The largest absolute Gasteiger partial charge is 0.381 e. The fraction of sp³-hybridized carbons (Fsp3) is 0.950. The summed E-state index contributed by atoms with van der Waals surface area (Å²) in [5.41, 5.74) is 0.480. The molecule has 162 valence electrons. The van der Waals surface area contributed by atoms with Gasteiger partial charge in [-0.1, -0.05) is 13.3 Å². The molecule has 1 aliphatic carbocycles. The van der Waals surface area contributed by atoms with Gasteiger partial charge in [-0.3, -0.25) is 4.99 Å². The van der Waals surface area contributed by atoms with Gasteiger partial charge in [0.25, 0.3) is 0 Å². The first-order valence-corrected chi connectivity index (χ1v) is 12.6. The summed E-state index contributed by atoms with van der Waals surface area (Å²) in [7, 11) is -2.83. The molecule has 4 rings (SSSR count). The number of ether oxygens (including phenoxy) is 1. The molecule has 4 fully saturated rings. The van der Waals surface area contributed by atoms with E-state index >= 15 is 0 Å². The van der Waals surface area contributed by atoms with Crippen molar-refractivity contribution >= 4 is 39.8 Å². The summed E-state index contributed by atoms with van der Waals surface area (Å²) in [6, 6.07) is 0. The van der Waals surface area contributed by atoms with E-state index in [0.717, 1.165) is 57.6 Å². The van der Waals surface area contributed by atoms with E-state index in [4.69, 9.17) is 9.73 Å². The van der Waals surface area contributed by atoms with Gasteiger partial charge in [-0.25, -0.2) is 8.42 Å². The second-order valence-corrected chi connectivity index (χ2v) is 11.6. The van der Waals surface area contributed by atoms with Crippen molar-refractivity contribution in [1.29, 1.82) is 0 Å². The first-order valence-electron chi connectivity index (χ1n) is 10.8. The van der Waals surface area contributed by atoms with E-state index in [1.54, 1.807) is 0 Å². The third-order valence-corrected chi connectivity index (χ3v) is 9.27. The highest BCUT2D eigenvalue weighted by Gasteiger charge is 2.46. The summed E-state index contributed by atoms with van der Waals surface area (Å²) < 4.78 is 29.0. The smallest absolute Gasteiger partial charge is 0.193 e. The Kier molecular flexibility index (Phi) is 7.56. The van der Waals surface area contributed by atoms with Crippen LogP contribution in [0.15, 0.2) is 4.99 Å². The predicted molar refractivity (Wildman–Crippen MR) is 123 cm³/mol. The predicted octanol–water partition coefficient (Wildman–Crippen LogP) is 2.53. The molecule has 1 N–H and O–H groups in total. The van der Waals surface area contributed by atoms with Gasteiger partial charge in [0.15, 0.2) is 15.8 Å². The summed E-state index contributed by atoms with van der Waals surface area (Å²) in [5, 5.41) is 3.62. The Morgan fingerprint density at radius 2 is 2.07 bits per heavy atom. The minimum absolute atomic E-state index is 0. The van der Waals surface area contributed by atoms with Gasteiger partial charge in [0.1, 0.15) is 0 Å². The first-order chi connectivity index (χ1) is 13.0. The monoisotopic (exact) mass is 525 g/mol. The van der Waals surface area contributed by atoms with Gasteiger partial charge in [0.2, 0.25) is 0 Å². The Morgan fingerprint density at radius 3 is 2.68 bits per heavy atom. The molecule has 6 nitrogen and oxygen atoms in total. The molecule has 0 radical (unpaired) electrons. The maximum Gasteiger partial charge on any atom is 0.193 e. The van der Waals surface area contributed by atoms with Crippen LogP contribution >= 0.6 is 24.0 Å². The van der Waals surface area contributed by atoms with Crippen LogP contribution in [0.25, 0.3) is 0 Å². The van der Waals surface area contributed by atoms with Crippen LogP contribution in [-0.4, -0.2) is 70.2 Å². The number of guanidine groups is 1. The highest BCUT2D eigenvalue weighted by Crippen LogP contribution is 2.50. The average Bonchev–Trinajstić information content (AvgIpc) is 3.23. The molecule has 0 aromatic heterocycles. The van der Waals surface area contributed by atoms with Crippen molar-refractivity contribution in [2.45, 2.75) is 45.4 Å². The van der Waals surface area contributed by atoms with Gasteiger partial charge >= 0.3 is 0 Å². The van der Waals surface area contributed by atoms with Crippen molar-refractivity contribution in [2.24, 2.45) is 28.2 Å². The Morgan fingerprint density at radius 1 is 1.25 bits per heavy atom. The summed E-state index contributed by atoms with van der Waals surface area (Å²) in [5.74, 6) is 3.18. The minimum atomic E-state index is -2.83. The molecule has 3 saturated heterocycles. The summed E-state index contributed by atoms with van der Waals surface area (Å²) >= 11 is 0. The normalized spacial score (nSPS) is 34.1. The zero-order valence-electron chi connectivity index (χ0n) is 17.1. The third-order valence-electron chi connectivity index (χ3n) is 7.43. The molecule has 0 aromatic carbocycles. The van der Waals surface area contributed by atoms with E-state index in [9.17, 15) is 8.42 Å². The van der Waals surface area contributed by atoms with Crippen LogP contribution in [0, 0.1) is 23.2 Å². The molecule has 0 aromatic rings. The molecular formula is C20H36IN3O3S. The van der Waals surface area contributed by atoms with Gasteiger partial charge in [0, 0.05) is 38.7 Å². The number of halogens is 1. The van der Waals surface area contributed by atoms with Crippen molar-refractivity contribution in [2.75, 3.05) is 50.9 Å². The van der Waals surface area contributed by atoms with Crippen molar-refractivity contribution in [3.63, 3.8) is 0 Å². The van der Waals surface area contributed by atoms with E-state index in [2.05, 4.69) is 17.1 Å². The van der Waals surface area contributed by atoms with Crippen molar-refractivity contribution < 1.29 is 13.2 Å². The summed E-state index contributed by atoms with van der Waals surface area (Å²) in [4.78, 5) is 7.39. The molecule has 1 spiro atoms. The topological polar surface area (TPSA) is 71.0 Å². The average molecular weight is 525 g/mol. The number of nitrogens with one attached hydrogen (secondary N) is 1. The van der Waals surface area contributed by atoms with Crippen molar-refractivity contribution in [1.82, 2.24) is 10.2 Å². The molecule has 1 saturated carbocycles. The van der Waals surface area contributed by atoms with Crippen LogP contribution in [0.4, 0.5) is 0 Å². The molecule has 8 heteroatoms. The third kappa shape index (κ3) is 5.14. The maximum absolute atomic E-state index is 11.8. The molecule has 28 heavy (non-hydrogen) atoms. The SMILES string of the molecule is CC1CCN(C(=NCC2CCS(=O)(=O)C2)NCC2CCOC2)CC12CCC2.I. The fourth-order valence-electron chi connectivity index (χ4n) is 5.21. The van der Waals surface area contributed by atoms with Crippen LogP contribution in [-0.2, 0) is 14.6 Å². The van der Waals surface area contributed by atoms with E-state index < -0.39 is 9.84 Å². The Labute approximate surface area is 187 Å². The lowest BCUT2D eigenvalue weighted by Gasteiger charge is -2.53. The van der Waals surface area contributed by atoms with E-state index in [0.29, 0.717) is 29.4 Å². The number of hydrogen-bond donors (Lipinski definition) is 1. The zero-order valence-corrected chi connectivity index (χ0v) is 20.2. The molecule has 3 aliphatic heterocycles. The molecule has 0 bridgehead atoms. The molecule has 3 atom stereocenters. The number of nitrogens with zero attached hydrogens (tertiary/aromatic N) is 2. The quantitative estimate of drug-likeness (QED) is 0.347. The summed E-state index contributed by atoms with van der Waals surface area (Å²) in [6.07, 6.45) is 7.14. The number of aliphatic imine (C=N–C) groups is 1. The second-order valence-electron chi connectivity index (χ2n) is 9.37. The Hall–Kier alpha value is -0.0900.